The Balaban J connectivity index is 1.46. The summed E-state index contributed by atoms with van der Waals surface area (Å²) in [5, 5.41) is 6.76. The number of benzene rings is 1. The van der Waals surface area contributed by atoms with Crippen LogP contribution in [0.2, 0.25) is 0 Å². The molecule has 0 atom stereocenters. The summed E-state index contributed by atoms with van der Waals surface area (Å²) in [6.45, 7) is 3.86. The maximum absolute atomic E-state index is 5.48. The van der Waals surface area contributed by atoms with Crippen LogP contribution in [0.1, 0.15) is 5.56 Å². The van der Waals surface area contributed by atoms with E-state index in [-0.39, 0.29) is 0 Å². The quantitative estimate of drug-likeness (QED) is 0.539. The Morgan fingerprint density at radius 1 is 1.00 bits per heavy atom. The van der Waals surface area contributed by atoms with Gasteiger partial charge in [-0.15, -0.1) is 11.3 Å². The van der Waals surface area contributed by atoms with Gasteiger partial charge in [0, 0.05) is 42.3 Å². The summed E-state index contributed by atoms with van der Waals surface area (Å²) < 4.78 is 5.48. The lowest BCUT2D eigenvalue weighted by atomic mass is 10.1. The van der Waals surface area contributed by atoms with Crippen molar-refractivity contribution in [2.45, 2.75) is 6.54 Å². The number of morpholine rings is 1. The van der Waals surface area contributed by atoms with Crippen LogP contribution in [-0.4, -0.2) is 41.3 Å². The second-order valence-corrected chi connectivity index (χ2v) is 7.72. The molecule has 5 rings (SSSR count). The molecule has 0 amide bonds. The molecule has 3 aromatic heterocycles. The minimum Gasteiger partial charge on any atom is -0.378 e. The van der Waals surface area contributed by atoms with E-state index < -0.39 is 0 Å². The standard InChI is InChI=1S/C22H21N5OS/c1-2-5-16(6-3-1)18-14-29-22-19(18)20(25-15-26-22)24-13-17-7-4-8-23-21(17)27-9-11-28-12-10-27/h1-8,14-15H,9-13H2,(H,24,25,26). The molecule has 0 unspecified atom stereocenters. The van der Waals surface area contributed by atoms with Crippen LogP contribution >= 0.6 is 11.3 Å². The van der Waals surface area contributed by atoms with Crippen molar-refractivity contribution in [2.24, 2.45) is 0 Å². The summed E-state index contributed by atoms with van der Waals surface area (Å²) in [4.78, 5) is 16.9. The van der Waals surface area contributed by atoms with E-state index in [9.17, 15) is 0 Å². The van der Waals surface area contributed by atoms with Crippen LogP contribution in [0, 0.1) is 0 Å². The Labute approximate surface area is 173 Å². The molecule has 1 aliphatic heterocycles. The number of thiophene rings is 1. The molecule has 0 radical (unpaired) electrons. The molecule has 6 nitrogen and oxygen atoms in total. The van der Waals surface area contributed by atoms with E-state index in [2.05, 4.69) is 60.9 Å². The van der Waals surface area contributed by atoms with Crippen molar-refractivity contribution in [3.8, 4) is 11.1 Å². The van der Waals surface area contributed by atoms with Crippen LogP contribution in [0.4, 0.5) is 11.6 Å². The number of hydrogen-bond acceptors (Lipinski definition) is 7. The van der Waals surface area contributed by atoms with Crippen LogP contribution in [0.15, 0.2) is 60.4 Å². The first-order chi connectivity index (χ1) is 14.4. The number of nitrogens with one attached hydrogen (secondary N) is 1. The van der Waals surface area contributed by atoms with Crippen LogP contribution in [0.3, 0.4) is 0 Å². The molecular weight excluding hydrogens is 382 g/mol. The summed E-state index contributed by atoms with van der Waals surface area (Å²) in [7, 11) is 0. The monoisotopic (exact) mass is 403 g/mol. The van der Waals surface area contributed by atoms with Crippen molar-refractivity contribution in [2.75, 3.05) is 36.5 Å². The lowest BCUT2D eigenvalue weighted by molar-refractivity contribution is 0.122. The summed E-state index contributed by atoms with van der Waals surface area (Å²) in [6, 6.07) is 14.5. The Morgan fingerprint density at radius 2 is 1.86 bits per heavy atom. The fourth-order valence-corrected chi connectivity index (χ4v) is 4.56. The fourth-order valence-electron chi connectivity index (χ4n) is 3.65. The zero-order chi connectivity index (χ0) is 19.5. The van der Waals surface area contributed by atoms with Crippen LogP contribution in [-0.2, 0) is 11.3 Å². The Kier molecular flexibility index (Phi) is 5.06. The van der Waals surface area contributed by atoms with E-state index in [0.717, 1.165) is 59.3 Å². The number of aromatic nitrogens is 3. The summed E-state index contributed by atoms with van der Waals surface area (Å²) in [5.74, 6) is 1.87. The van der Waals surface area contributed by atoms with Gasteiger partial charge in [0.15, 0.2) is 0 Å². The van der Waals surface area contributed by atoms with E-state index in [1.54, 1.807) is 17.7 Å². The van der Waals surface area contributed by atoms with Crippen molar-refractivity contribution < 1.29 is 4.74 Å². The molecule has 146 valence electrons. The fraction of sp³-hybridized carbons (Fsp3) is 0.227. The third-order valence-electron chi connectivity index (χ3n) is 5.08. The van der Waals surface area contributed by atoms with Crippen molar-refractivity contribution in [3.05, 3.63) is 65.9 Å². The number of anilines is 2. The summed E-state index contributed by atoms with van der Waals surface area (Å²) >= 11 is 1.64. The van der Waals surface area contributed by atoms with Gasteiger partial charge in [0.25, 0.3) is 0 Å². The first kappa shape index (κ1) is 18.0. The molecule has 1 N–H and O–H groups in total. The summed E-state index contributed by atoms with van der Waals surface area (Å²) in [5.41, 5.74) is 3.48. The molecule has 0 saturated carbocycles. The average molecular weight is 404 g/mol. The molecule has 1 saturated heterocycles. The highest BCUT2D eigenvalue weighted by Gasteiger charge is 2.17. The van der Waals surface area contributed by atoms with Gasteiger partial charge in [-0.1, -0.05) is 36.4 Å². The molecular formula is C22H21N5OS. The lowest BCUT2D eigenvalue weighted by Crippen LogP contribution is -2.37. The molecule has 0 aliphatic carbocycles. The van der Waals surface area contributed by atoms with Gasteiger partial charge >= 0.3 is 0 Å². The predicted octanol–water partition coefficient (Wildman–Crippen LogP) is 4.20. The Morgan fingerprint density at radius 3 is 2.72 bits per heavy atom. The topological polar surface area (TPSA) is 63.2 Å². The van der Waals surface area contributed by atoms with E-state index in [0.29, 0.717) is 6.54 Å². The van der Waals surface area contributed by atoms with Gasteiger partial charge in [-0.05, 0) is 11.6 Å². The van der Waals surface area contributed by atoms with Crippen molar-refractivity contribution >= 4 is 33.2 Å². The van der Waals surface area contributed by atoms with Gasteiger partial charge in [0.2, 0.25) is 0 Å². The normalized spacial score (nSPS) is 14.3. The number of ether oxygens (including phenoxy) is 1. The van der Waals surface area contributed by atoms with Crippen LogP contribution < -0.4 is 10.2 Å². The number of rotatable bonds is 5. The lowest BCUT2D eigenvalue weighted by Gasteiger charge is -2.29. The number of fused-ring (bicyclic) bond motifs is 1. The van der Waals surface area contributed by atoms with Crippen LogP contribution in [0.5, 0.6) is 0 Å². The molecule has 1 fully saturated rings. The number of nitrogens with zero attached hydrogens (tertiary/aromatic N) is 4. The Bertz CT molecular complexity index is 1110. The van der Waals surface area contributed by atoms with E-state index in [1.165, 1.54) is 5.56 Å². The highest BCUT2D eigenvalue weighted by molar-refractivity contribution is 7.17. The first-order valence-corrected chi connectivity index (χ1v) is 10.6. The van der Waals surface area contributed by atoms with Gasteiger partial charge in [0.1, 0.15) is 22.8 Å². The minimum atomic E-state index is 0.650. The third kappa shape index (κ3) is 3.66. The average Bonchev–Trinajstić information content (AvgIpc) is 3.24. The third-order valence-corrected chi connectivity index (χ3v) is 5.97. The zero-order valence-electron chi connectivity index (χ0n) is 15.9. The minimum absolute atomic E-state index is 0.650. The maximum atomic E-state index is 5.48. The van der Waals surface area contributed by atoms with Gasteiger partial charge < -0.3 is 15.0 Å². The smallest absolute Gasteiger partial charge is 0.139 e. The molecule has 4 heterocycles. The van der Waals surface area contributed by atoms with Gasteiger partial charge in [0.05, 0.1) is 18.6 Å². The van der Waals surface area contributed by atoms with Crippen LogP contribution in [0.25, 0.3) is 21.3 Å². The van der Waals surface area contributed by atoms with E-state index >= 15 is 0 Å². The molecule has 0 spiro atoms. The van der Waals surface area contributed by atoms with Crippen molar-refractivity contribution in [3.63, 3.8) is 0 Å². The summed E-state index contributed by atoms with van der Waals surface area (Å²) in [6.07, 6.45) is 3.48. The molecule has 4 aromatic rings. The van der Waals surface area contributed by atoms with Gasteiger partial charge in [-0.3, -0.25) is 0 Å². The highest BCUT2D eigenvalue weighted by Crippen LogP contribution is 2.36. The Hall–Kier alpha value is -3.03. The highest BCUT2D eigenvalue weighted by atomic mass is 32.1. The molecule has 1 aliphatic rings. The first-order valence-electron chi connectivity index (χ1n) is 9.68. The molecule has 1 aromatic carbocycles. The molecule has 29 heavy (non-hydrogen) atoms. The SMILES string of the molecule is c1ccc(-c2csc3ncnc(NCc4cccnc4N4CCOCC4)c23)cc1. The maximum Gasteiger partial charge on any atom is 0.139 e. The number of hydrogen-bond donors (Lipinski definition) is 1. The van der Waals surface area contributed by atoms with Crippen molar-refractivity contribution in [1.82, 2.24) is 15.0 Å². The second kappa shape index (κ2) is 8.14. The number of pyridine rings is 1. The zero-order valence-corrected chi connectivity index (χ0v) is 16.7. The largest absolute Gasteiger partial charge is 0.378 e. The second-order valence-electron chi connectivity index (χ2n) is 6.86. The molecule has 0 bridgehead atoms. The van der Waals surface area contributed by atoms with Gasteiger partial charge in [-0.25, -0.2) is 15.0 Å². The van der Waals surface area contributed by atoms with Gasteiger partial charge in [-0.2, -0.15) is 0 Å². The molecule has 7 heteroatoms. The van der Waals surface area contributed by atoms with E-state index in [4.69, 9.17) is 4.74 Å². The van der Waals surface area contributed by atoms with E-state index in [1.807, 2.05) is 18.3 Å². The predicted molar refractivity (Wildman–Crippen MR) is 117 cm³/mol. The van der Waals surface area contributed by atoms with Crippen molar-refractivity contribution in [1.29, 1.82) is 0 Å².